The molecule has 8 heteroatoms. The highest BCUT2D eigenvalue weighted by atomic mass is 16.6. The van der Waals surface area contributed by atoms with E-state index in [1.807, 2.05) is 0 Å². The van der Waals surface area contributed by atoms with Crippen molar-refractivity contribution >= 4 is 22.7 Å². The molecule has 0 heterocycles. The second kappa shape index (κ2) is 4.01. The molecule has 86 valence electrons. The second-order valence-electron chi connectivity index (χ2n) is 3.31. The number of nitrogen functional groups attached to an aromatic ring is 1. The van der Waals surface area contributed by atoms with Gasteiger partial charge >= 0.3 is 11.4 Å². The van der Waals surface area contributed by atoms with Gasteiger partial charge in [-0.2, -0.15) is 0 Å². The molecule has 0 bridgehead atoms. The SMILES string of the molecule is CN(C)c1cc([N+](=O)[O-])c(N)c([N+](=O)[O-])c1. The Labute approximate surface area is 90.6 Å². The summed E-state index contributed by atoms with van der Waals surface area (Å²) in [6.45, 7) is 0. The number of nitrogens with two attached hydrogens (primary N) is 1. The Morgan fingerprint density at radius 3 is 1.75 bits per heavy atom. The molecular formula is C8H10N4O4. The van der Waals surface area contributed by atoms with Crippen LogP contribution in [0.5, 0.6) is 0 Å². The van der Waals surface area contributed by atoms with E-state index in [-0.39, 0.29) is 0 Å². The molecule has 1 rings (SSSR count). The first-order valence-electron chi connectivity index (χ1n) is 4.24. The molecule has 1 aromatic carbocycles. The van der Waals surface area contributed by atoms with Crippen molar-refractivity contribution in [2.24, 2.45) is 0 Å². The Morgan fingerprint density at radius 1 is 1.12 bits per heavy atom. The van der Waals surface area contributed by atoms with E-state index in [0.29, 0.717) is 5.69 Å². The summed E-state index contributed by atoms with van der Waals surface area (Å²) in [5.74, 6) is 0. The lowest BCUT2D eigenvalue weighted by atomic mass is 10.2. The normalized spacial score (nSPS) is 9.88. The molecule has 0 aliphatic carbocycles. The zero-order valence-electron chi connectivity index (χ0n) is 8.71. The third-order valence-corrected chi connectivity index (χ3v) is 2.03. The first kappa shape index (κ1) is 11.7. The molecule has 0 saturated heterocycles. The van der Waals surface area contributed by atoms with Gasteiger partial charge in [-0.25, -0.2) is 0 Å². The average Bonchev–Trinajstić information content (AvgIpc) is 2.16. The lowest BCUT2D eigenvalue weighted by molar-refractivity contribution is -0.392. The van der Waals surface area contributed by atoms with Crippen molar-refractivity contribution < 1.29 is 9.85 Å². The van der Waals surface area contributed by atoms with Gasteiger partial charge in [-0.1, -0.05) is 0 Å². The second-order valence-corrected chi connectivity index (χ2v) is 3.31. The number of nitrogens with zero attached hydrogens (tertiary/aromatic N) is 3. The first-order chi connectivity index (χ1) is 7.34. The third kappa shape index (κ3) is 2.00. The number of nitro benzene ring substituents is 2. The van der Waals surface area contributed by atoms with E-state index >= 15 is 0 Å². The summed E-state index contributed by atoms with van der Waals surface area (Å²) in [5.41, 5.74) is 4.36. The van der Waals surface area contributed by atoms with Crippen LogP contribution in [-0.2, 0) is 0 Å². The standard InChI is InChI=1S/C8H10N4O4/c1-10(2)5-3-6(11(13)14)8(9)7(4-5)12(15)16/h3-4H,9H2,1-2H3. The van der Waals surface area contributed by atoms with Crippen LogP contribution in [0.25, 0.3) is 0 Å². The van der Waals surface area contributed by atoms with Gasteiger partial charge in [0.05, 0.1) is 15.5 Å². The highest BCUT2D eigenvalue weighted by Gasteiger charge is 2.24. The molecule has 0 aromatic heterocycles. The molecule has 0 saturated carbocycles. The van der Waals surface area contributed by atoms with Crippen molar-refractivity contribution in [3.63, 3.8) is 0 Å². The Bertz CT molecular complexity index is 422. The van der Waals surface area contributed by atoms with Crippen LogP contribution in [0, 0.1) is 20.2 Å². The van der Waals surface area contributed by atoms with Crippen molar-refractivity contribution in [3.05, 3.63) is 32.4 Å². The molecule has 0 amide bonds. The summed E-state index contributed by atoms with van der Waals surface area (Å²) in [7, 11) is 3.25. The fraction of sp³-hybridized carbons (Fsp3) is 0.250. The van der Waals surface area contributed by atoms with E-state index in [4.69, 9.17) is 5.73 Å². The molecule has 0 fully saturated rings. The van der Waals surface area contributed by atoms with Crippen LogP contribution in [0.15, 0.2) is 12.1 Å². The number of hydrogen-bond donors (Lipinski definition) is 1. The van der Waals surface area contributed by atoms with Gasteiger partial charge in [-0.05, 0) is 0 Å². The summed E-state index contributed by atoms with van der Waals surface area (Å²) in [6.07, 6.45) is 0. The summed E-state index contributed by atoms with van der Waals surface area (Å²) in [5, 5.41) is 21.3. The smallest absolute Gasteiger partial charge is 0.301 e. The third-order valence-electron chi connectivity index (χ3n) is 2.03. The van der Waals surface area contributed by atoms with Crippen molar-refractivity contribution in [1.29, 1.82) is 0 Å². The molecule has 2 N–H and O–H groups in total. The van der Waals surface area contributed by atoms with Gasteiger partial charge in [-0.3, -0.25) is 20.2 Å². The molecule has 0 radical (unpaired) electrons. The van der Waals surface area contributed by atoms with Gasteiger partial charge in [-0.15, -0.1) is 0 Å². The lowest BCUT2D eigenvalue weighted by Gasteiger charge is -2.12. The monoisotopic (exact) mass is 226 g/mol. The Hall–Kier alpha value is -2.38. The van der Waals surface area contributed by atoms with Crippen LogP contribution in [0.1, 0.15) is 0 Å². The molecule has 0 atom stereocenters. The Balaban J connectivity index is 3.51. The molecule has 16 heavy (non-hydrogen) atoms. The molecule has 1 aromatic rings. The largest absolute Gasteiger partial charge is 0.387 e. The molecule has 0 spiro atoms. The van der Waals surface area contributed by atoms with Crippen LogP contribution in [0.4, 0.5) is 22.7 Å². The summed E-state index contributed by atoms with van der Waals surface area (Å²) < 4.78 is 0. The van der Waals surface area contributed by atoms with Crippen LogP contribution >= 0.6 is 0 Å². The molecule has 0 unspecified atom stereocenters. The van der Waals surface area contributed by atoms with Crippen molar-refractivity contribution in [1.82, 2.24) is 0 Å². The zero-order chi connectivity index (χ0) is 12.5. The quantitative estimate of drug-likeness (QED) is 0.469. The minimum Gasteiger partial charge on any atom is -0.387 e. The maximum absolute atomic E-state index is 10.7. The van der Waals surface area contributed by atoms with Gasteiger partial charge in [0.25, 0.3) is 0 Å². The maximum atomic E-state index is 10.7. The lowest BCUT2D eigenvalue weighted by Crippen LogP contribution is -2.10. The van der Waals surface area contributed by atoms with E-state index in [1.54, 1.807) is 14.1 Å². The number of hydrogen-bond acceptors (Lipinski definition) is 6. The zero-order valence-corrected chi connectivity index (χ0v) is 8.71. The van der Waals surface area contributed by atoms with E-state index < -0.39 is 26.9 Å². The van der Waals surface area contributed by atoms with Crippen molar-refractivity contribution in [2.75, 3.05) is 24.7 Å². The van der Waals surface area contributed by atoms with Crippen molar-refractivity contribution in [3.8, 4) is 0 Å². The van der Waals surface area contributed by atoms with Crippen LogP contribution in [0.3, 0.4) is 0 Å². The van der Waals surface area contributed by atoms with Gasteiger partial charge in [0.15, 0.2) is 5.69 Å². The van der Waals surface area contributed by atoms with E-state index in [0.717, 1.165) is 0 Å². The fourth-order valence-electron chi connectivity index (χ4n) is 1.17. The summed E-state index contributed by atoms with van der Waals surface area (Å²) in [4.78, 5) is 21.4. The molecular weight excluding hydrogens is 216 g/mol. The average molecular weight is 226 g/mol. The predicted octanol–water partition coefficient (Wildman–Crippen LogP) is 1.15. The van der Waals surface area contributed by atoms with Crippen LogP contribution in [-0.4, -0.2) is 23.9 Å². The Morgan fingerprint density at radius 2 is 1.50 bits per heavy atom. The van der Waals surface area contributed by atoms with E-state index in [9.17, 15) is 20.2 Å². The maximum Gasteiger partial charge on any atom is 0.301 e. The summed E-state index contributed by atoms with van der Waals surface area (Å²) >= 11 is 0. The fourth-order valence-corrected chi connectivity index (χ4v) is 1.17. The van der Waals surface area contributed by atoms with Gasteiger partial charge < -0.3 is 10.6 Å². The molecule has 8 nitrogen and oxygen atoms in total. The highest BCUT2D eigenvalue weighted by Crippen LogP contribution is 2.35. The highest BCUT2D eigenvalue weighted by molar-refractivity contribution is 5.76. The molecule has 0 aliphatic heterocycles. The predicted molar refractivity (Wildman–Crippen MR) is 58.5 cm³/mol. The Kier molecular flexibility index (Phi) is 2.93. The minimum atomic E-state index is -0.741. The number of rotatable bonds is 3. The van der Waals surface area contributed by atoms with Crippen molar-refractivity contribution in [2.45, 2.75) is 0 Å². The van der Waals surface area contributed by atoms with Crippen LogP contribution < -0.4 is 10.6 Å². The number of nitro groups is 2. The van der Waals surface area contributed by atoms with E-state index in [1.165, 1.54) is 17.0 Å². The summed E-state index contributed by atoms with van der Waals surface area (Å²) in [6, 6.07) is 2.39. The molecule has 0 aliphatic rings. The van der Waals surface area contributed by atoms with Crippen LogP contribution in [0.2, 0.25) is 0 Å². The van der Waals surface area contributed by atoms with Gasteiger partial charge in [0.2, 0.25) is 0 Å². The topological polar surface area (TPSA) is 116 Å². The first-order valence-corrected chi connectivity index (χ1v) is 4.24. The number of benzene rings is 1. The van der Waals surface area contributed by atoms with E-state index in [2.05, 4.69) is 0 Å². The minimum absolute atomic E-state index is 0.354. The van der Waals surface area contributed by atoms with Gasteiger partial charge in [0.1, 0.15) is 0 Å². The number of anilines is 2. The van der Waals surface area contributed by atoms with Gasteiger partial charge in [0, 0.05) is 26.2 Å².